The molecule has 1 saturated heterocycles. The second-order valence-electron chi connectivity index (χ2n) is 6.17. The van der Waals surface area contributed by atoms with E-state index in [1.54, 1.807) is 4.57 Å². The molecule has 3 heterocycles. The van der Waals surface area contributed by atoms with Gasteiger partial charge in [-0.2, -0.15) is 0 Å². The number of imidazole rings is 1. The zero-order valence-corrected chi connectivity index (χ0v) is 15.6. The van der Waals surface area contributed by atoms with Gasteiger partial charge in [-0.05, 0) is 24.3 Å². The minimum atomic E-state index is -4.85. The Morgan fingerprint density at radius 3 is 2.53 bits per heavy atom. The number of rotatable bonds is 6. The van der Waals surface area contributed by atoms with E-state index in [0.29, 0.717) is 18.9 Å². The quantitative estimate of drug-likeness (QED) is 0.237. The van der Waals surface area contributed by atoms with Crippen molar-refractivity contribution in [3.05, 3.63) is 46.6 Å². The molecule has 0 bridgehead atoms. The summed E-state index contributed by atoms with van der Waals surface area (Å²) in [5.74, 6) is -0.406. The summed E-state index contributed by atoms with van der Waals surface area (Å²) in [5.41, 5.74) is 0.349. The van der Waals surface area contributed by atoms with Gasteiger partial charge in [0.1, 0.15) is 17.5 Å². The number of benzene rings is 1. The van der Waals surface area contributed by atoms with Crippen molar-refractivity contribution in [2.45, 2.75) is 12.4 Å². The highest BCUT2D eigenvalue weighted by Crippen LogP contribution is 2.39. The molecular formula is C16H11F4N5O4S. The van der Waals surface area contributed by atoms with Crippen molar-refractivity contribution in [2.75, 3.05) is 17.5 Å². The predicted molar refractivity (Wildman–Crippen MR) is 98.0 cm³/mol. The summed E-state index contributed by atoms with van der Waals surface area (Å²) in [6.07, 6.45) is -3.78. The number of hydrogen-bond acceptors (Lipinski definition) is 8. The molecule has 0 amide bonds. The first kappa shape index (κ1) is 20.2. The van der Waals surface area contributed by atoms with Gasteiger partial charge in [-0.15, -0.1) is 17.1 Å². The van der Waals surface area contributed by atoms with E-state index >= 15 is 0 Å². The maximum absolute atomic E-state index is 13.9. The van der Waals surface area contributed by atoms with Crippen LogP contribution in [-0.4, -0.2) is 39.0 Å². The Bertz CT molecular complexity index is 1090. The highest BCUT2D eigenvalue weighted by atomic mass is 32.2. The maximum atomic E-state index is 13.9. The Labute approximate surface area is 169 Å². The molecule has 14 heteroatoms. The molecule has 1 aromatic carbocycles. The topological polar surface area (TPSA) is 95.5 Å². The van der Waals surface area contributed by atoms with Crippen molar-refractivity contribution >= 4 is 40.8 Å². The minimum Gasteiger partial charge on any atom is -0.406 e. The maximum Gasteiger partial charge on any atom is 0.573 e. The van der Waals surface area contributed by atoms with Gasteiger partial charge in [0.25, 0.3) is 5.69 Å². The Morgan fingerprint density at radius 2 is 2.00 bits per heavy atom. The minimum absolute atomic E-state index is 0.0586. The second kappa shape index (κ2) is 7.60. The molecule has 4 rings (SSSR count). The van der Waals surface area contributed by atoms with E-state index in [1.807, 2.05) is 0 Å². The number of nitrogens with zero attached hydrogens (tertiary/aromatic N) is 5. The molecule has 1 aliphatic heterocycles. The summed E-state index contributed by atoms with van der Waals surface area (Å²) in [4.78, 5) is 18.8. The van der Waals surface area contributed by atoms with E-state index in [9.17, 15) is 27.2 Å². The summed E-state index contributed by atoms with van der Waals surface area (Å²) >= 11 is -0.229. The Hall–Kier alpha value is -3.13. The lowest BCUT2D eigenvalue weighted by Crippen LogP contribution is -2.32. The van der Waals surface area contributed by atoms with Crippen molar-refractivity contribution in [3.63, 3.8) is 0 Å². The molecule has 0 spiro atoms. The third kappa shape index (κ3) is 3.82. The van der Waals surface area contributed by atoms with Gasteiger partial charge in [0.2, 0.25) is 5.95 Å². The predicted octanol–water partition coefficient (Wildman–Crippen LogP) is 4.48. The van der Waals surface area contributed by atoms with E-state index < -0.39 is 17.0 Å². The van der Waals surface area contributed by atoms with Gasteiger partial charge < -0.3 is 9.47 Å². The third-order valence-corrected chi connectivity index (χ3v) is 4.76. The molecule has 158 valence electrons. The van der Waals surface area contributed by atoms with Crippen LogP contribution in [0.15, 0.2) is 36.5 Å². The Balaban J connectivity index is 1.76. The van der Waals surface area contributed by atoms with Crippen LogP contribution in [0.3, 0.4) is 0 Å². The summed E-state index contributed by atoms with van der Waals surface area (Å²) < 4.78 is 62.6. The van der Waals surface area contributed by atoms with Crippen LogP contribution >= 0.6 is 12.3 Å². The lowest BCUT2D eigenvalue weighted by molar-refractivity contribution is -0.385. The van der Waals surface area contributed by atoms with Crippen LogP contribution in [-0.2, 0) is 4.74 Å². The van der Waals surface area contributed by atoms with Crippen LogP contribution in [0.4, 0.5) is 34.4 Å². The number of aromatic nitrogens is 3. The van der Waals surface area contributed by atoms with Gasteiger partial charge in [0.05, 0.1) is 29.9 Å². The van der Waals surface area contributed by atoms with Crippen LogP contribution in [0.2, 0.25) is 0 Å². The molecule has 1 fully saturated rings. The molecule has 30 heavy (non-hydrogen) atoms. The number of alkyl halides is 3. The lowest BCUT2D eigenvalue weighted by atomic mass is 10.2. The fraction of sp³-hybridized carbons (Fsp3) is 0.250. The van der Waals surface area contributed by atoms with E-state index in [-0.39, 0.29) is 41.2 Å². The van der Waals surface area contributed by atoms with Crippen LogP contribution < -0.4 is 9.04 Å². The molecule has 2 aromatic heterocycles. The first-order chi connectivity index (χ1) is 14.3. The van der Waals surface area contributed by atoms with Gasteiger partial charge in [0.15, 0.2) is 18.0 Å². The summed E-state index contributed by atoms with van der Waals surface area (Å²) in [7, 11) is 0. The molecule has 0 saturated carbocycles. The van der Waals surface area contributed by atoms with Gasteiger partial charge in [-0.1, -0.05) is 0 Å². The Kier molecular flexibility index (Phi) is 5.11. The summed E-state index contributed by atoms with van der Waals surface area (Å²) in [6.45, 7) is 0.612. The molecule has 0 N–H and O–H groups in total. The molecule has 3 aromatic rings. The zero-order valence-electron chi connectivity index (χ0n) is 14.7. The third-order valence-electron chi connectivity index (χ3n) is 4.25. The number of pyridine rings is 1. The largest absolute Gasteiger partial charge is 0.573 e. The summed E-state index contributed by atoms with van der Waals surface area (Å²) in [6, 6.07) is 5.50. The van der Waals surface area contributed by atoms with Crippen LogP contribution in [0.1, 0.15) is 6.04 Å². The summed E-state index contributed by atoms with van der Waals surface area (Å²) in [5, 5.41) is 11.0. The van der Waals surface area contributed by atoms with Gasteiger partial charge >= 0.3 is 6.36 Å². The number of ether oxygens (including phenoxy) is 2. The highest BCUT2D eigenvalue weighted by Gasteiger charge is 2.32. The van der Waals surface area contributed by atoms with Crippen molar-refractivity contribution < 1.29 is 31.5 Å². The average Bonchev–Trinajstić information content (AvgIpc) is 2.99. The fourth-order valence-electron chi connectivity index (χ4n) is 2.88. The van der Waals surface area contributed by atoms with E-state index in [4.69, 9.17) is 4.74 Å². The van der Waals surface area contributed by atoms with E-state index in [1.165, 1.54) is 18.2 Å². The van der Waals surface area contributed by atoms with Crippen molar-refractivity contribution in [1.82, 2.24) is 14.5 Å². The van der Waals surface area contributed by atoms with E-state index in [0.717, 1.165) is 22.6 Å². The zero-order chi connectivity index (χ0) is 21.5. The van der Waals surface area contributed by atoms with Gasteiger partial charge in [0, 0.05) is 6.07 Å². The van der Waals surface area contributed by atoms with Crippen LogP contribution in [0, 0.1) is 10.1 Å². The number of nitro groups is 1. The average molecular weight is 445 g/mol. The molecule has 0 atom stereocenters. The highest BCUT2D eigenvalue weighted by molar-refractivity contribution is 7.96. The SMILES string of the molecule is O=[N+]([O-])c1cnc2c(c1)nc(N(SF)c1ccc(OC(F)(F)F)cc1)n2C1COC1. The van der Waals surface area contributed by atoms with Gasteiger partial charge in [-0.3, -0.25) is 14.7 Å². The fourth-order valence-corrected chi connectivity index (χ4v) is 3.27. The molecule has 0 aliphatic carbocycles. The van der Waals surface area contributed by atoms with Crippen LogP contribution in [0.5, 0.6) is 5.75 Å². The van der Waals surface area contributed by atoms with Crippen LogP contribution in [0.25, 0.3) is 11.2 Å². The number of anilines is 2. The standard InChI is InChI=1S/C16H11F4N5O4S/c17-16(18,19)29-12-3-1-9(2-4-12)24(30-20)15-22-13-5-10(25(26)27)6-21-14(13)23(15)11-7-28-8-11/h1-6,11H,7-8H2. The smallest absolute Gasteiger partial charge is 0.406 e. The first-order valence-corrected chi connectivity index (χ1v) is 8.99. The Morgan fingerprint density at radius 1 is 1.30 bits per heavy atom. The second-order valence-corrected chi connectivity index (χ2v) is 6.67. The number of hydrogen-bond donors (Lipinski definition) is 0. The first-order valence-electron chi connectivity index (χ1n) is 8.31. The molecule has 0 unspecified atom stereocenters. The molecule has 1 aliphatic rings. The lowest BCUT2D eigenvalue weighted by Gasteiger charge is -2.30. The normalized spacial score (nSPS) is 14.5. The molecule has 9 nitrogen and oxygen atoms in total. The van der Waals surface area contributed by atoms with Crippen molar-refractivity contribution in [1.29, 1.82) is 0 Å². The van der Waals surface area contributed by atoms with Crippen molar-refractivity contribution in [2.24, 2.45) is 0 Å². The number of fused-ring (bicyclic) bond motifs is 1. The van der Waals surface area contributed by atoms with Gasteiger partial charge in [-0.25, -0.2) is 14.3 Å². The monoisotopic (exact) mass is 445 g/mol. The molecular weight excluding hydrogens is 434 g/mol. The number of halogens is 4. The molecule has 0 radical (unpaired) electrons. The van der Waals surface area contributed by atoms with E-state index in [2.05, 4.69) is 14.7 Å². The van der Waals surface area contributed by atoms with Crippen molar-refractivity contribution in [3.8, 4) is 5.75 Å².